The molecule has 208 valence electrons. The second-order valence-corrected chi connectivity index (χ2v) is 10.5. The molecule has 10 N–H and O–H groups in total. The molecule has 1 unspecified atom stereocenters. The summed E-state index contributed by atoms with van der Waals surface area (Å²) in [6.45, 7) is -1.38. The van der Waals surface area contributed by atoms with Crippen molar-refractivity contribution in [1.29, 1.82) is 0 Å². The van der Waals surface area contributed by atoms with Crippen LogP contribution in [0, 0.1) is 0 Å². The molecule has 11 atom stereocenters. The van der Waals surface area contributed by atoms with E-state index in [1.807, 2.05) is 4.98 Å². The summed E-state index contributed by atoms with van der Waals surface area (Å²) in [6.07, 6.45) is -11.8. The third-order valence-corrected chi connectivity index (χ3v) is 7.44. The van der Waals surface area contributed by atoms with E-state index in [0.29, 0.717) is 0 Å². The van der Waals surface area contributed by atoms with Crippen molar-refractivity contribution in [2.75, 3.05) is 19.4 Å². The molecule has 2 aliphatic heterocycles. The summed E-state index contributed by atoms with van der Waals surface area (Å²) in [6, 6.07) is -1.03. The summed E-state index contributed by atoms with van der Waals surface area (Å²) in [5, 5.41) is 72.0. The molecule has 0 radical (unpaired) electrons. The van der Waals surface area contributed by atoms with E-state index in [1.54, 1.807) is 0 Å². The van der Waals surface area contributed by atoms with Crippen LogP contribution in [0.25, 0.3) is 0 Å². The van der Waals surface area contributed by atoms with Crippen LogP contribution >= 0.6 is 24.6 Å². The van der Waals surface area contributed by atoms with E-state index in [-0.39, 0.29) is 23.4 Å². The Labute approximate surface area is 214 Å². The molecule has 0 aromatic carbocycles. The number of aromatic amines is 1. The maximum absolute atomic E-state index is 12.4. The van der Waals surface area contributed by atoms with Crippen LogP contribution in [0.5, 0.6) is 0 Å². The minimum absolute atomic E-state index is 0. The van der Waals surface area contributed by atoms with Gasteiger partial charge in [0.05, 0.1) is 49.8 Å². The Bertz CT molecular complexity index is 1030. The van der Waals surface area contributed by atoms with Crippen molar-refractivity contribution in [2.45, 2.75) is 67.5 Å². The first kappa shape index (κ1) is 31.2. The van der Waals surface area contributed by atoms with Crippen molar-refractivity contribution in [3.63, 3.8) is 0 Å². The van der Waals surface area contributed by atoms with E-state index in [9.17, 15) is 49.7 Å². The van der Waals surface area contributed by atoms with Gasteiger partial charge in [0.1, 0.15) is 18.3 Å². The fraction of sp³-hybridized carbons (Fsp3) is 0.778. The quantitative estimate of drug-likeness (QED) is 0.112. The molecule has 0 aliphatic carbocycles. The average Bonchev–Trinajstić information content (AvgIpc) is 3.22. The molecule has 0 spiro atoms. The summed E-state index contributed by atoms with van der Waals surface area (Å²) in [5.74, 6) is 0. The molecule has 18 heteroatoms. The molecule has 2 aliphatic rings. The van der Waals surface area contributed by atoms with Crippen molar-refractivity contribution < 1.29 is 54.5 Å². The van der Waals surface area contributed by atoms with Gasteiger partial charge in [-0.15, -0.1) is 17.0 Å². The molecule has 16 nitrogen and oxygen atoms in total. The van der Waals surface area contributed by atoms with Crippen LogP contribution in [0.15, 0.2) is 21.9 Å². The summed E-state index contributed by atoms with van der Waals surface area (Å²) >= 11 is 0. The van der Waals surface area contributed by atoms with Crippen LogP contribution < -0.4 is 16.6 Å². The number of hydrogen-bond acceptors (Lipinski definition) is 13. The van der Waals surface area contributed by atoms with Gasteiger partial charge in [-0.3, -0.25) is 18.9 Å². The lowest BCUT2D eigenvalue weighted by Crippen LogP contribution is -2.45. The Hall–Kier alpha value is -1.05. The Balaban J connectivity index is 0.00000456. The minimum atomic E-state index is -4.49. The fourth-order valence-electron chi connectivity index (χ4n) is 4.16. The Morgan fingerprint density at radius 2 is 1.78 bits per heavy atom. The van der Waals surface area contributed by atoms with Crippen LogP contribution in [0.4, 0.5) is 0 Å². The zero-order valence-electron chi connectivity index (χ0n) is 18.7. The molecule has 1 aromatic heterocycles. The Morgan fingerprint density at radius 3 is 2.39 bits per heavy atom. The number of aromatic nitrogens is 2. The summed E-state index contributed by atoms with van der Waals surface area (Å²) in [4.78, 5) is 35.2. The fourth-order valence-corrected chi connectivity index (χ4v) is 5.32. The van der Waals surface area contributed by atoms with Crippen molar-refractivity contribution in [3.8, 4) is 0 Å². The molecule has 0 saturated carbocycles. The third-order valence-electron chi connectivity index (χ3n) is 6.01. The number of nitrogens with zero attached hydrogens (tertiary/aromatic N) is 1. The van der Waals surface area contributed by atoms with Gasteiger partial charge in [-0.2, -0.15) is 0 Å². The zero-order chi connectivity index (χ0) is 26.1. The molecule has 0 amide bonds. The van der Waals surface area contributed by atoms with Crippen LogP contribution in [-0.2, 0) is 13.8 Å². The second-order valence-electron chi connectivity index (χ2n) is 8.60. The first-order chi connectivity index (χ1) is 16.3. The monoisotopic (exact) mass is 607 g/mol. The van der Waals surface area contributed by atoms with Crippen LogP contribution in [0.2, 0.25) is 0 Å². The first-order valence-electron chi connectivity index (χ1n) is 10.7. The Morgan fingerprint density at radius 1 is 1.11 bits per heavy atom. The summed E-state index contributed by atoms with van der Waals surface area (Å²) < 4.78 is 23.6. The number of aliphatic hydroxyl groups is 7. The van der Waals surface area contributed by atoms with Gasteiger partial charge in [0.25, 0.3) is 5.56 Å². The molecule has 1 aromatic rings. The number of aliphatic hydroxyl groups excluding tert-OH is 7. The minimum Gasteiger partial charge on any atom is -0.394 e. The van der Waals surface area contributed by atoms with E-state index in [4.69, 9.17) is 14.4 Å². The van der Waals surface area contributed by atoms with Gasteiger partial charge in [0, 0.05) is 18.3 Å². The Kier molecular flexibility index (Phi) is 11.0. The maximum atomic E-state index is 12.4. The lowest BCUT2D eigenvalue weighted by atomic mass is 10.0. The lowest BCUT2D eigenvalue weighted by Gasteiger charge is -2.23. The molecule has 0 bridgehead atoms. The van der Waals surface area contributed by atoms with Gasteiger partial charge in [-0.05, 0) is 6.42 Å². The highest BCUT2D eigenvalue weighted by molar-refractivity contribution is 8.93. The summed E-state index contributed by atoms with van der Waals surface area (Å²) in [5.41, 5.74) is -1.60. The normalized spacial score (nSPS) is 35.7. The van der Waals surface area contributed by atoms with Crippen molar-refractivity contribution in [1.82, 2.24) is 14.9 Å². The van der Waals surface area contributed by atoms with E-state index < -0.39 is 99.3 Å². The van der Waals surface area contributed by atoms with Gasteiger partial charge in [0.15, 0.2) is 6.23 Å². The molecule has 36 heavy (non-hydrogen) atoms. The molecular weight excluding hydrogens is 577 g/mol. The molecule has 3 heterocycles. The highest BCUT2D eigenvalue weighted by atomic mass is 79.9. The number of H-pyrrole nitrogens is 1. The van der Waals surface area contributed by atoms with E-state index in [1.165, 1.54) is 0 Å². The number of ether oxygens (including phenoxy) is 1. The first-order valence-corrected chi connectivity index (χ1v) is 12.5. The largest absolute Gasteiger partial charge is 0.394 e. The lowest BCUT2D eigenvalue weighted by molar-refractivity contribution is -0.0527. The van der Waals surface area contributed by atoms with Gasteiger partial charge in [-0.25, -0.2) is 4.79 Å². The van der Waals surface area contributed by atoms with Crippen molar-refractivity contribution in [3.05, 3.63) is 33.1 Å². The molecule has 2 fully saturated rings. The van der Waals surface area contributed by atoms with Crippen LogP contribution in [0.1, 0.15) is 12.6 Å². The number of halogens is 1. The smallest absolute Gasteiger partial charge is 0.330 e. The van der Waals surface area contributed by atoms with Crippen molar-refractivity contribution in [2.24, 2.45) is 0 Å². The highest BCUT2D eigenvalue weighted by Gasteiger charge is 2.46. The summed E-state index contributed by atoms with van der Waals surface area (Å²) in [7, 11) is -4.49. The van der Waals surface area contributed by atoms with Gasteiger partial charge in [-0.1, -0.05) is 0 Å². The van der Waals surface area contributed by atoms with E-state index >= 15 is 0 Å². The van der Waals surface area contributed by atoms with Gasteiger partial charge < -0.3 is 55.2 Å². The van der Waals surface area contributed by atoms with Crippen LogP contribution in [-0.4, -0.2) is 124 Å². The van der Waals surface area contributed by atoms with Crippen LogP contribution in [0.3, 0.4) is 0 Å². The number of hydrogen-bond donors (Lipinski definition) is 10. The topological polar surface area (TPSA) is 264 Å². The third kappa shape index (κ3) is 7.08. The zero-order valence-corrected chi connectivity index (χ0v) is 21.3. The molecule has 2 saturated heterocycles. The SMILES string of the molecule is Br.O=c1ccn([C@@H]2O[C@H](COP(=O)(O)C[C@@H](O)C[C@@H]3N[C@@H]([C@H](O)CO)[C@H](O)[C@H]3O)[C@@H](O)[C@H]2O)c(=O)[nH]1. The predicted octanol–water partition coefficient (Wildman–Crippen LogP) is -4.90. The van der Waals surface area contributed by atoms with E-state index in [0.717, 1.165) is 16.8 Å². The number of rotatable bonds is 10. The van der Waals surface area contributed by atoms with Crippen molar-refractivity contribution >= 4 is 24.6 Å². The average molecular weight is 608 g/mol. The predicted molar refractivity (Wildman–Crippen MR) is 125 cm³/mol. The number of nitrogens with one attached hydrogen (secondary N) is 2. The second kappa shape index (κ2) is 12.7. The van der Waals surface area contributed by atoms with E-state index in [2.05, 4.69) is 5.32 Å². The highest BCUT2D eigenvalue weighted by Crippen LogP contribution is 2.44. The maximum Gasteiger partial charge on any atom is 0.330 e. The van der Waals surface area contributed by atoms with Gasteiger partial charge >= 0.3 is 13.3 Å². The molecule has 3 rings (SSSR count). The standard InChI is InChI=1S/C18H30N3O13P.BrH/c22-4-9(24)12-15(28)13(26)8(19-12)3-7(23)6-35(31,32)33-5-10-14(27)16(29)17(34-10)21-2-1-11(25)20-18(21)30;/h1-2,7-10,12-17,19,22-24,26-29H,3-6H2,(H,31,32)(H,20,25,30);1H/t7-,8-,9+,10+,12-,13-,14+,15-,16+,17+;/m0./s1. The van der Waals surface area contributed by atoms with Gasteiger partial charge in [0.2, 0.25) is 0 Å². The molecular formula is C18H31BrN3O13P.